The third-order valence-electron chi connectivity index (χ3n) is 4.99. The van der Waals surface area contributed by atoms with E-state index in [0.717, 1.165) is 38.5 Å². The lowest BCUT2D eigenvalue weighted by Gasteiger charge is -2.06. The van der Waals surface area contributed by atoms with Gasteiger partial charge >= 0.3 is 5.97 Å². The quantitative estimate of drug-likeness (QED) is 0.240. The summed E-state index contributed by atoms with van der Waals surface area (Å²) in [5, 5.41) is 11.7. The number of benzene rings is 1. The minimum atomic E-state index is -1.00. The largest absolute Gasteiger partial charge is 0.478 e. The summed E-state index contributed by atoms with van der Waals surface area (Å²) in [4.78, 5) is 22.9. The summed E-state index contributed by atoms with van der Waals surface area (Å²) in [5.74, 6) is 11.0. The molecule has 168 valence electrons. The molecule has 0 spiro atoms. The van der Waals surface area contributed by atoms with Crippen molar-refractivity contribution in [1.29, 1.82) is 0 Å². The maximum absolute atomic E-state index is 12.0. The van der Waals surface area contributed by atoms with Crippen LogP contribution in [0.3, 0.4) is 0 Å². The molecule has 1 aromatic rings. The first-order valence-corrected chi connectivity index (χ1v) is 11.7. The van der Waals surface area contributed by atoms with Gasteiger partial charge < -0.3 is 10.4 Å². The Morgan fingerprint density at radius 3 is 2.03 bits per heavy atom. The molecule has 0 saturated carbocycles. The van der Waals surface area contributed by atoms with Gasteiger partial charge in [-0.2, -0.15) is 0 Å². The predicted molar refractivity (Wildman–Crippen MR) is 128 cm³/mol. The van der Waals surface area contributed by atoms with E-state index in [-0.39, 0.29) is 11.5 Å². The first-order chi connectivity index (χ1) is 15.1. The first kappa shape index (κ1) is 26.3. The van der Waals surface area contributed by atoms with E-state index in [4.69, 9.17) is 5.11 Å². The van der Waals surface area contributed by atoms with Crippen LogP contribution in [0.25, 0.3) is 0 Å². The average Bonchev–Trinajstić information content (AvgIpc) is 2.76. The predicted octanol–water partition coefficient (Wildman–Crippen LogP) is 6.81. The number of aromatic carboxylic acids is 1. The summed E-state index contributed by atoms with van der Waals surface area (Å²) in [7, 11) is 0. The number of rotatable bonds is 15. The Hall–Kier alpha value is -2.72. The van der Waals surface area contributed by atoms with Crippen LogP contribution in [-0.4, -0.2) is 17.0 Å². The zero-order chi connectivity index (χ0) is 22.6. The highest BCUT2D eigenvalue weighted by Crippen LogP contribution is 2.12. The van der Waals surface area contributed by atoms with Gasteiger partial charge in [-0.1, -0.05) is 76.2 Å². The van der Waals surface area contributed by atoms with Crippen LogP contribution in [-0.2, 0) is 4.79 Å². The minimum Gasteiger partial charge on any atom is -0.478 e. The fourth-order valence-corrected chi connectivity index (χ4v) is 3.19. The molecule has 2 N–H and O–H groups in total. The van der Waals surface area contributed by atoms with Crippen molar-refractivity contribution in [2.75, 3.05) is 5.32 Å². The number of unbranched alkanes of at least 4 members (excludes halogenated alkanes) is 11. The molecule has 31 heavy (non-hydrogen) atoms. The lowest BCUT2D eigenvalue weighted by atomic mass is 10.1. The van der Waals surface area contributed by atoms with Crippen molar-refractivity contribution >= 4 is 17.6 Å². The van der Waals surface area contributed by atoms with Gasteiger partial charge in [0.2, 0.25) is 5.91 Å². The molecule has 0 aliphatic heterocycles. The van der Waals surface area contributed by atoms with Crippen LogP contribution >= 0.6 is 0 Å². The molecular formula is C27H37NO3. The van der Waals surface area contributed by atoms with Gasteiger partial charge in [-0.3, -0.25) is 4.79 Å². The van der Waals surface area contributed by atoms with E-state index in [1.165, 1.54) is 57.1 Å². The molecule has 0 fully saturated rings. The van der Waals surface area contributed by atoms with Gasteiger partial charge in [0.1, 0.15) is 0 Å². The van der Waals surface area contributed by atoms with Gasteiger partial charge in [-0.25, -0.2) is 4.79 Å². The SMILES string of the molecule is CCCCCCCCCC#CC#CCCCCCCC(=O)Nc1cccc(C(=O)O)c1. The Bertz CT molecular complexity index is 777. The summed E-state index contributed by atoms with van der Waals surface area (Å²) in [6.07, 6.45) is 15.3. The van der Waals surface area contributed by atoms with Crippen LogP contribution in [0.4, 0.5) is 5.69 Å². The molecule has 0 heterocycles. The third-order valence-corrected chi connectivity index (χ3v) is 4.99. The molecular weight excluding hydrogens is 386 g/mol. The van der Waals surface area contributed by atoms with E-state index >= 15 is 0 Å². The molecule has 0 aliphatic carbocycles. The Kier molecular flexibility index (Phi) is 15.3. The molecule has 0 unspecified atom stereocenters. The second-order valence-electron chi connectivity index (χ2n) is 7.82. The van der Waals surface area contributed by atoms with Gasteiger partial charge in [0.05, 0.1) is 5.56 Å². The lowest BCUT2D eigenvalue weighted by Crippen LogP contribution is -2.11. The number of carboxylic acids is 1. The van der Waals surface area contributed by atoms with Crippen molar-refractivity contribution in [3.05, 3.63) is 29.8 Å². The van der Waals surface area contributed by atoms with Crippen LogP contribution in [0, 0.1) is 23.7 Å². The van der Waals surface area contributed by atoms with Gasteiger partial charge in [0.15, 0.2) is 0 Å². The highest BCUT2D eigenvalue weighted by atomic mass is 16.4. The number of anilines is 1. The highest BCUT2D eigenvalue weighted by Gasteiger charge is 2.06. The molecule has 0 aliphatic rings. The Labute approximate surface area is 188 Å². The summed E-state index contributed by atoms with van der Waals surface area (Å²) in [6, 6.07) is 6.29. The van der Waals surface area contributed by atoms with Crippen LogP contribution in [0.5, 0.6) is 0 Å². The van der Waals surface area contributed by atoms with Crippen LogP contribution < -0.4 is 5.32 Å². The Morgan fingerprint density at radius 2 is 1.42 bits per heavy atom. The summed E-state index contributed by atoms with van der Waals surface area (Å²) in [5.41, 5.74) is 0.690. The second-order valence-corrected chi connectivity index (χ2v) is 7.82. The highest BCUT2D eigenvalue weighted by molar-refractivity contribution is 5.93. The van der Waals surface area contributed by atoms with Crippen molar-refractivity contribution in [2.24, 2.45) is 0 Å². The molecule has 0 bridgehead atoms. The monoisotopic (exact) mass is 423 g/mol. The van der Waals surface area contributed by atoms with E-state index < -0.39 is 5.97 Å². The van der Waals surface area contributed by atoms with E-state index in [1.54, 1.807) is 12.1 Å². The lowest BCUT2D eigenvalue weighted by molar-refractivity contribution is -0.116. The molecule has 1 amide bonds. The number of nitrogens with one attached hydrogen (secondary N) is 1. The van der Waals surface area contributed by atoms with Gasteiger partial charge in [0, 0.05) is 24.9 Å². The molecule has 1 rings (SSSR count). The number of carbonyl (C=O) groups excluding carboxylic acids is 1. The van der Waals surface area contributed by atoms with E-state index in [2.05, 4.69) is 35.9 Å². The smallest absolute Gasteiger partial charge is 0.335 e. The molecule has 4 nitrogen and oxygen atoms in total. The van der Waals surface area contributed by atoms with Crippen molar-refractivity contribution in [3.8, 4) is 23.7 Å². The summed E-state index contributed by atoms with van der Waals surface area (Å²) in [6.45, 7) is 2.24. The molecule has 1 aromatic carbocycles. The van der Waals surface area contributed by atoms with Crippen molar-refractivity contribution < 1.29 is 14.7 Å². The van der Waals surface area contributed by atoms with Crippen molar-refractivity contribution in [2.45, 2.75) is 96.8 Å². The number of hydrogen-bond acceptors (Lipinski definition) is 2. The fraction of sp³-hybridized carbons (Fsp3) is 0.556. The van der Waals surface area contributed by atoms with Crippen LogP contribution in [0.2, 0.25) is 0 Å². The maximum atomic E-state index is 12.0. The first-order valence-electron chi connectivity index (χ1n) is 11.7. The van der Waals surface area contributed by atoms with Crippen LogP contribution in [0.1, 0.15) is 107 Å². The Morgan fingerprint density at radius 1 is 0.839 bits per heavy atom. The zero-order valence-corrected chi connectivity index (χ0v) is 19.0. The topological polar surface area (TPSA) is 66.4 Å². The normalized spacial score (nSPS) is 9.84. The van der Waals surface area contributed by atoms with E-state index in [9.17, 15) is 9.59 Å². The number of carbonyl (C=O) groups is 2. The van der Waals surface area contributed by atoms with E-state index in [0.29, 0.717) is 12.1 Å². The number of amides is 1. The van der Waals surface area contributed by atoms with Crippen molar-refractivity contribution in [3.63, 3.8) is 0 Å². The molecule has 0 saturated heterocycles. The molecule has 4 heteroatoms. The molecule has 0 radical (unpaired) electrons. The van der Waals surface area contributed by atoms with Gasteiger partial charge in [-0.15, -0.1) is 0 Å². The number of carboxylic acid groups (broad SMARTS) is 1. The summed E-state index contributed by atoms with van der Waals surface area (Å²) >= 11 is 0. The standard InChI is InChI=1S/C27H37NO3/c1-2-3-4-5-6-7-8-9-10-11-12-13-14-15-16-17-18-22-26(29)28-25-21-19-20-24(23-25)27(30)31/h19-21,23H,2-9,14-18,22H2,1H3,(H,28,29)(H,30,31). The molecule has 0 atom stereocenters. The maximum Gasteiger partial charge on any atom is 0.335 e. The number of hydrogen-bond donors (Lipinski definition) is 2. The summed E-state index contributed by atoms with van der Waals surface area (Å²) < 4.78 is 0. The third kappa shape index (κ3) is 14.8. The van der Waals surface area contributed by atoms with Crippen molar-refractivity contribution in [1.82, 2.24) is 0 Å². The van der Waals surface area contributed by atoms with Gasteiger partial charge in [-0.05, 0) is 49.3 Å². The average molecular weight is 424 g/mol. The molecule has 0 aromatic heterocycles. The van der Waals surface area contributed by atoms with Gasteiger partial charge in [0.25, 0.3) is 0 Å². The fourth-order valence-electron chi connectivity index (χ4n) is 3.19. The second kappa shape index (κ2) is 18.1. The van der Waals surface area contributed by atoms with E-state index in [1.807, 2.05) is 0 Å². The zero-order valence-electron chi connectivity index (χ0n) is 19.0. The minimum absolute atomic E-state index is 0.0847. The van der Waals surface area contributed by atoms with Crippen LogP contribution in [0.15, 0.2) is 24.3 Å². The Balaban J connectivity index is 2.00.